The third kappa shape index (κ3) is 1.14. The number of hydrogen-bond donors (Lipinski definition) is 2. The van der Waals surface area contributed by atoms with E-state index in [4.69, 9.17) is 5.11 Å². The smallest absolute Gasteiger partial charge is 0.204 e. The molecule has 8 heavy (non-hydrogen) atoms. The molecule has 0 fully saturated rings. The molecule has 1 heterocycles. The molecule has 0 aromatic carbocycles. The van der Waals surface area contributed by atoms with Gasteiger partial charge in [-0.3, -0.25) is 0 Å². The van der Waals surface area contributed by atoms with E-state index in [0.29, 0.717) is 5.13 Å². The third-order valence-electron chi connectivity index (χ3n) is 0.592. The fourth-order valence-electron chi connectivity index (χ4n) is 0.319. The van der Waals surface area contributed by atoms with E-state index in [1.807, 2.05) is 0 Å². The zero-order valence-corrected chi connectivity index (χ0v) is 4.85. The van der Waals surface area contributed by atoms with Crippen LogP contribution in [0.5, 0.6) is 0 Å². The lowest BCUT2D eigenvalue weighted by Gasteiger charge is -1.89. The molecule has 0 spiro atoms. The van der Waals surface area contributed by atoms with E-state index in [9.17, 15) is 0 Å². The van der Waals surface area contributed by atoms with E-state index in [2.05, 4.69) is 14.7 Å². The Bertz CT molecular complexity index is 140. The van der Waals surface area contributed by atoms with Crippen LogP contribution in [0.25, 0.3) is 0 Å². The molecule has 0 saturated carbocycles. The van der Waals surface area contributed by atoms with Gasteiger partial charge in [0.25, 0.3) is 0 Å². The first-order valence-corrected chi connectivity index (χ1v) is 2.82. The lowest BCUT2D eigenvalue weighted by atomic mass is 11.1. The summed E-state index contributed by atoms with van der Waals surface area (Å²) in [7, 11) is 0. The molecule has 2 N–H and O–H groups in total. The quantitative estimate of drug-likeness (QED) is 0.550. The maximum absolute atomic E-state index is 8.27. The molecule has 0 aliphatic heterocycles. The predicted molar refractivity (Wildman–Crippen MR) is 30.6 cm³/mol. The van der Waals surface area contributed by atoms with Crippen LogP contribution in [0.3, 0.4) is 0 Å². The molecule has 1 rings (SSSR count). The lowest BCUT2D eigenvalue weighted by molar-refractivity contribution is 0.325. The van der Waals surface area contributed by atoms with Crippen molar-refractivity contribution in [2.45, 2.75) is 0 Å². The number of nitrogens with one attached hydrogen (secondary N) is 1. The molecular formula is C3H5N3OS. The van der Waals surface area contributed by atoms with Crippen molar-refractivity contribution in [3.05, 3.63) is 6.33 Å². The average Bonchev–Trinajstić information content (AvgIpc) is 2.19. The Balaban J connectivity index is 2.50. The molecule has 0 atom stereocenters. The van der Waals surface area contributed by atoms with Crippen LogP contribution in [0.15, 0.2) is 6.33 Å². The first-order valence-electron chi connectivity index (χ1n) is 2.05. The normalized spacial score (nSPS) is 9.12. The number of aliphatic hydroxyl groups excluding tert-OH is 1. The number of rotatable bonds is 2. The summed E-state index contributed by atoms with van der Waals surface area (Å²) in [4.78, 5) is 3.74. The van der Waals surface area contributed by atoms with Crippen LogP contribution < -0.4 is 5.32 Å². The Kier molecular flexibility index (Phi) is 1.76. The van der Waals surface area contributed by atoms with Crippen LogP contribution in [0.2, 0.25) is 0 Å². The average molecular weight is 131 g/mol. The minimum Gasteiger partial charge on any atom is -0.377 e. The van der Waals surface area contributed by atoms with Gasteiger partial charge in [-0.1, -0.05) is 0 Å². The fourth-order valence-corrected chi connectivity index (χ4v) is 0.736. The third-order valence-corrected chi connectivity index (χ3v) is 1.21. The molecule has 5 heteroatoms. The minimum atomic E-state index is -0.0881. The van der Waals surface area contributed by atoms with Crippen molar-refractivity contribution < 1.29 is 5.11 Å². The van der Waals surface area contributed by atoms with Gasteiger partial charge in [0.05, 0.1) is 0 Å². The summed E-state index contributed by atoms with van der Waals surface area (Å²) in [5.74, 6) is 0. The fraction of sp³-hybridized carbons (Fsp3) is 0.333. The second-order valence-corrected chi connectivity index (χ2v) is 1.86. The maximum atomic E-state index is 8.27. The second kappa shape index (κ2) is 2.58. The maximum Gasteiger partial charge on any atom is 0.204 e. The molecule has 0 radical (unpaired) electrons. The van der Waals surface area contributed by atoms with E-state index >= 15 is 0 Å². The van der Waals surface area contributed by atoms with Gasteiger partial charge in [0.1, 0.15) is 13.1 Å². The van der Waals surface area contributed by atoms with Crippen molar-refractivity contribution in [3.8, 4) is 0 Å². The number of aromatic nitrogens is 2. The minimum absolute atomic E-state index is 0.0881. The lowest BCUT2D eigenvalue weighted by Crippen LogP contribution is -1.97. The summed E-state index contributed by atoms with van der Waals surface area (Å²) >= 11 is 1.22. The van der Waals surface area contributed by atoms with Crippen molar-refractivity contribution in [2.24, 2.45) is 0 Å². The van der Waals surface area contributed by atoms with Crippen molar-refractivity contribution in [1.82, 2.24) is 9.36 Å². The van der Waals surface area contributed by atoms with E-state index in [1.54, 1.807) is 0 Å². The van der Waals surface area contributed by atoms with Crippen LogP contribution in [-0.4, -0.2) is 21.2 Å². The number of anilines is 1. The van der Waals surface area contributed by atoms with E-state index in [0.717, 1.165) is 0 Å². The first kappa shape index (κ1) is 5.46. The second-order valence-electron chi connectivity index (χ2n) is 1.08. The van der Waals surface area contributed by atoms with Crippen LogP contribution in [0.4, 0.5) is 5.13 Å². The molecule has 44 valence electrons. The zero-order valence-electron chi connectivity index (χ0n) is 4.03. The standard InChI is InChI=1S/C3H5N3OS/c7-2-5-3-4-1-6-8-3/h1,7H,2H2,(H,4,5,6). The monoisotopic (exact) mass is 131 g/mol. The van der Waals surface area contributed by atoms with Gasteiger partial charge in [0.2, 0.25) is 5.13 Å². The van der Waals surface area contributed by atoms with Crippen LogP contribution in [0, 0.1) is 0 Å². The largest absolute Gasteiger partial charge is 0.377 e. The highest BCUT2D eigenvalue weighted by molar-refractivity contribution is 7.09. The summed E-state index contributed by atoms with van der Waals surface area (Å²) in [6, 6.07) is 0. The van der Waals surface area contributed by atoms with Gasteiger partial charge in [0.15, 0.2) is 0 Å². The van der Waals surface area contributed by atoms with E-state index in [1.165, 1.54) is 17.9 Å². The van der Waals surface area contributed by atoms with Crippen LogP contribution >= 0.6 is 11.5 Å². The molecule has 0 amide bonds. The SMILES string of the molecule is OCNc1ncns1. The highest BCUT2D eigenvalue weighted by Gasteiger charge is 1.88. The predicted octanol–water partition coefficient (Wildman–Crippen LogP) is -0.100. The van der Waals surface area contributed by atoms with Crippen LogP contribution in [0.1, 0.15) is 0 Å². The zero-order chi connectivity index (χ0) is 5.82. The van der Waals surface area contributed by atoms with E-state index < -0.39 is 0 Å². The summed E-state index contributed by atoms with van der Waals surface area (Å²) in [6.07, 6.45) is 1.43. The van der Waals surface area contributed by atoms with Gasteiger partial charge in [-0.05, 0) is 0 Å². The van der Waals surface area contributed by atoms with Gasteiger partial charge in [0, 0.05) is 11.5 Å². The summed E-state index contributed by atoms with van der Waals surface area (Å²) in [5.41, 5.74) is 0. The molecule has 0 saturated heterocycles. The highest BCUT2D eigenvalue weighted by atomic mass is 32.1. The highest BCUT2D eigenvalue weighted by Crippen LogP contribution is 2.03. The van der Waals surface area contributed by atoms with Crippen molar-refractivity contribution in [3.63, 3.8) is 0 Å². The topological polar surface area (TPSA) is 58.0 Å². The Morgan fingerprint density at radius 1 is 1.88 bits per heavy atom. The van der Waals surface area contributed by atoms with Crippen LogP contribution in [-0.2, 0) is 0 Å². The molecule has 0 aliphatic rings. The van der Waals surface area contributed by atoms with E-state index in [-0.39, 0.29) is 6.73 Å². The molecule has 0 unspecified atom stereocenters. The Morgan fingerprint density at radius 2 is 2.75 bits per heavy atom. The van der Waals surface area contributed by atoms with Crippen molar-refractivity contribution in [2.75, 3.05) is 12.0 Å². The van der Waals surface area contributed by atoms with Gasteiger partial charge in [-0.25, -0.2) is 4.98 Å². The van der Waals surface area contributed by atoms with Gasteiger partial charge in [-0.2, -0.15) is 4.37 Å². The molecule has 1 aromatic heterocycles. The van der Waals surface area contributed by atoms with Crippen molar-refractivity contribution >= 4 is 16.7 Å². The Morgan fingerprint density at radius 3 is 3.25 bits per heavy atom. The van der Waals surface area contributed by atoms with Gasteiger partial charge >= 0.3 is 0 Å². The molecular weight excluding hydrogens is 126 g/mol. The number of nitrogens with zero attached hydrogens (tertiary/aromatic N) is 2. The summed E-state index contributed by atoms with van der Waals surface area (Å²) < 4.78 is 3.70. The molecule has 0 aliphatic carbocycles. The Labute approximate surface area is 50.4 Å². The Hall–Kier alpha value is -0.680. The van der Waals surface area contributed by atoms with Gasteiger partial charge in [-0.15, -0.1) is 0 Å². The molecule has 1 aromatic rings. The molecule has 4 nitrogen and oxygen atoms in total. The van der Waals surface area contributed by atoms with Gasteiger partial charge < -0.3 is 10.4 Å². The number of aliphatic hydroxyl groups is 1. The summed E-state index contributed by atoms with van der Waals surface area (Å²) in [6.45, 7) is -0.0881. The number of hydrogen-bond acceptors (Lipinski definition) is 5. The summed E-state index contributed by atoms with van der Waals surface area (Å²) in [5, 5.41) is 11.5. The molecule has 0 bridgehead atoms. The van der Waals surface area contributed by atoms with Crippen molar-refractivity contribution in [1.29, 1.82) is 0 Å². The first-order chi connectivity index (χ1) is 3.93.